The molecule has 0 amide bonds. The number of hydrogen-bond donors (Lipinski definition) is 1. The van der Waals surface area contributed by atoms with Gasteiger partial charge in [-0.05, 0) is 44.5 Å². The second-order valence-electron chi connectivity index (χ2n) is 4.12. The van der Waals surface area contributed by atoms with Crippen LogP contribution in [-0.4, -0.2) is 30.7 Å². The highest BCUT2D eigenvalue weighted by Gasteiger charge is 2.21. The number of aromatic nitrogens is 1. The highest BCUT2D eigenvalue weighted by atomic mass is 15.2. The molecule has 0 aromatic carbocycles. The Balaban J connectivity index is 2.18. The zero-order valence-corrected chi connectivity index (χ0v) is 9.53. The van der Waals surface area contributed by atoms with Gasteiger partial charge in [0.15, 0.2) is 0 Å². The largest absolute Gasteiger partial charge is 0.353 e. The quantitative estimate of drug-likeness (QED) is 0.812. The third-order valence-corrected chi connectivity index (χ3v) is 3.01. The van der Waals surface area contributed by atoms with Gasteiger partial charge in [0.2, 0.25) is 0 Å². The van der Waals surface area contributed by atoms with Gasteiger partial charge in [0, 0.05) is 25.3 Å². The van der Waals surface area contributed by atoms with Crippen molar-refractivity contribution in [3.63, 3.8) is 0 Å². The summed E-state index contributed by atoms with van der Waals surface area (Å²) in [6, 6.07) is 4.83. The summed E-state index contributed by atoms with van der Waals surface area (Å²) in [5.41, 5.74) is 1.28. The molecule has 1 N–H and O–H groups in total. The highest BCUT2D eigenvalue weighted by Crippen LogP contribution is 2.18. The van der Waals surface area contributed by atoms with E-state index in [-0.39, 0.29) is 0 Å². The molecule has 1 fully saturated rings. The van der Waals surface area contributed by atoms with E-state index in [2.05, 4.69) is 35.1 Å². The molecule has 0 radical (unpaired) electrons. The van der Waals surface area contributed by atoms with Crippen molar-refractivity contribution in [2.75, 3.05) is 24.5 Å². The number of anilines is 1. The van der Waals surface area contributed by atoms with Crippen molar-refractivity contribution in [2.24, 2.45) is 0 Å². The van der Waals surface area contributed by atoms with Crippen LogP contribution in [0, 0.1) is 6.92 Å². The lowest BCUT2D eigenvalue weighted by molar-refractivity contribution is 0.640. The van der Waals surface area contributed by atoms with E-state index in [4.69, 9.17) is 0 Å². The normalized spacial score (nSPS) is 20.5. The summed E-state index contributed by atoms with van der Waals surface area (Å²) in [6.45, 7) is 7.56. The molecule has 2 rings (SSSR count). The van der Waals surface area contributed by atoms with Crippen LogP contribution in [0.4, 0.5) is 5.82 Å². The van der Waals surface area contributed by atoms with Crippen LogP contribution in [-0.2, 0) is 0 Å². The van der Waals surface area contributed by atoms with E-state index in [1.165, 1.54) is 12.0 Å². The molecule has 15 heavy (non-hydrogen) atoms. The second-order valence-corrected chi connectivity index (χ2v) is 4.12. The van der Waals surface area contributed by atoms with Gasteiger partial charge in [-0.3, -0.25) is 0 Å². The SMILES string of the molecule is CCN(c1cc(C)ccn1)C1CCNC1. The van der Waals surface area contributed by atoms with E-state index in [1.54, 1.807) is 0 Å². The van der Waals surface area contributed by atoms with Gasteiger partial charge in [-0.15, -0.1) is 0 Å². The summed E-state index contributed by atoms with van der Waals surface area (Å²) in [6.07, 6.45) is 3.12. The Labute approximate surface area is 91.5 Å². The summed E-state index contributed by atoms with van der Waals surface area (Å²) in [7, 11) is 0. The molecule has 1 saturated heterocycles. The number of aryl methyl sites for hydroxylation is 1. The molecule has 3 nitrogen and oxygen atoms in total. The lowest BCUT2D eigenvalue weighted by Gasteiger charge is -2.28. The molecule has 2 heterocycles. The summed E-state index contributed by atoms with van der Waals surface area (Å²) in [5.74, 6) is 1.12. The van der Waals surface area contributed by atoms with Gasteiger partial charge in [0.1, 0.15) is 5.82 Å². The van der Waals surface area contributed by atoms with Crippen molar-refractivity contribution in [3.05, 3.63) is 23.9 Å². The number of likely N-dealkylation sites (N-methyl/N-ethyl adjacent to an activating group) is 1. The van der Waals surface area contributed by atoms with Crippen molar-refractivity contribution in [1.29, 1.82) is 0 Å². The maximum atomic E-state index is 4.45. The number of pyridine rings is 1. The molecule has 1 aliphatic heterocycles. The fourth-order valence-corrected chi connectivity index (χ4v) is 2.19. The molecule has 1 atom stereocenters. The topological polar surface area (TPSA) is 28.2 Å². The lowest BCUT2D eigenvalue weighted by Crippen LogP contribution is -2.37. The zero-order valence-electron chi connectivity index (χ0n) is 9.53. The standard InChI is InChI=1S/C12H19N3/c1-3-15(11-5-6-13-9-11)12-8-10(2)4-7-14-12/h4,7-8,11,13H,3,5-6,9H2,1-2H3. The van der Waals surface area contributed by atoms with Gasteiger partial charge in [-0.25, -0.2) is 4.98 Å². The average Bonchev–Trinajstić information content (AvgIpc) is 2.72. The van der Waals surface area contributed by atoms with Gasteiger partial charge in [0.25, 0.3) is 0 Å². The Kier molecular flexibility index (Phi) is 3.21. The molecule has 82 valence electrons. The summed E-state index contributed by atoms with van der Waals surface area (Å²) < 4.78 is 0. The van der Waals surface area contributed by atoms with Crippen LogP contribution in [0.3, 0.4) is 0 Å². The number of nitrogens with zero attached hydrogens (tertiary/aromatic N) is 2. The van der Waals surface area contributed by atoms with E-state index >= 15 is 0 Å². The summed E-state index contributed by atoms with van der Waals surface area (Å²) in [5, 5.41) is 3.40. The molecule has 0 aliphatic carbocycles. The summed E-state index contributed by atoms with van der Waals surface area (Å²) in [4.78, 5) is 6.85. The van der Waals surface area contributed by atoms with Crippen molar-refractivity contribution < 1.29 is 0 Å². The molecule has 1 aromatic rings. The first-order valence-corrected chi connectivity index (χ1v) is 5.71. The van der Waals surface area contributed by atoms with Crippen LogP contribution in [0.2, 0.25) is 0 Å². The van der Waals surface area contributed by atoms with Gasteiger partial charge < -0.3 is 10.2 Å². The number of rotatable bonds is 3. The Morgan fingerprint density at radius 1 is 1.60 bits per heavy atom. The van der Waals surface area contributed by atoms with E-state index in [1.807, 2.05) is 12.3 Å². The Morgan fingerprint density at radius 3 is 3.07 bits per heavy atom. The first-order chi connectivity index (χ1) is 7.31. The highest BCUT2D eigenvalue weighted by molar-refractivity contribution is 5.42. The molecular weight excluding hydrogens is 186 g/mol. The van der Waals surface area contributed by atoms with Crippen molar-refractivity contribution in [3.8, 4) is 0 Å². The van der Waals surface area contributed by atoms with Crippen LogP contribution >= 0.6 is 0 Å². The summed E-state index contributed by atoms with van der Waals surface area (Å²) >= 11 is 0. The van der Waals surface area contributed by atoms with Crippen molar-refractivity contribution >= 4 is 5.82 Å². The van der Waals surface area contributed by atoms with Crippen LogP contribution in [0.5, 0.6) is 0 Å². The molecule has 1 aliphatic rings. The van der Waals surface area contributed by atoms with Gasteiger partial charge in [-0.1, -0.05) is 0 Å². The van der Waals surface area contributed by atoms with Crippen LogP contribution in [0.1, 0.15) is 18.9 Å². The molecule has 0 saturated carbocycles. The Morgan fingerprint density at radius 2 is 2.47 bits per heavy atom. The van der Waals surface area contributed by atoms with Gasteiger partial charge >= 0.3 is 0 Å². The number of hydrogen-bond acceptors (Lipinski definition) is 3. The third-order valence-electron chi connectivity index (χ3n) is 3.01. The predicted molar refractivity (Wildman–Crippen MR) is 63.3 cm³/mol. The van der Waals surface area contributed by atoms with Crippen LogP contribution in [0.25, 0.3) is 0 Å². The van der Waals surface area contributed by atoms with E-state index in [0.717, 1.165) is 25.5 Å². The first kappa shape index (κ1) is 10.4. The smallest absolute Gasteiger partial charge is 0.129 e. The molecule has 1 unspecified atom stereocenters. The fourth-order valence-electron chi connectivity index (χ4n) is 2.19. The van der Waals surface area contributed by atoms with E-state index in [0.29, 0.717) is 6.04 Å². The third kappa shape index (κ3) is 2.29. The molecule has 0 spiro atoms. The minimum atomic E-state index is 0.615. The average molecular weight is 205 g/mol. The molecular formula is C12H19N3. The zero-order chi connectivity index (χ0) is 10.7. The maximum absolute atomic E-state index is 4.45. The van der Waals surface area contributed by atoms with Gasteiger partial charge in [-0.2, -0.15) is 0 Å². The van der Waals surface area contributed by atoms with E-state index < -0.39 is 0 Å². The van der Waals surface area contributed by atoms with E-state index in [9.17, 15) is 0 Å². The van der Waals surface area contributed by atoms with Crippen LogP contribution < -0.4 is 10.2 Å². The monoisotopic (exact) mass is 205 g/mol. The van der Waals surface area contributed by atoms with Crippen molar-refractivity contribution in [1.82, 2.24) is 10.3 Å². The molecule has 3 heteroatoms. The molecule has 0 bridgehead atoms. The van der Waals surface area contributed by atoms with Crippen molar-refractivity contribution in [2.45, 2.75) is 26.3 Å². The lowest BCUT2D eigenvalue weighted by atomic mass is 10.2. The second kappa shape index (κ2) is 4.62. The minimum Gasteiger partial charge on any atom is -0.353 e. The predicted octanol–water partition coefficient (Wildman–Crippen LogP) is 1.58. The minimum absolute atomic E-state index is 0.615. The van der Waals surface area contributed by atoms with Gasteiger partial charge in [0.05, 0.1) is 0 Å². The van der Waals surface area contributed by atoms with Crippen LogP contribution in [0.15, 0.2) is 18.3 Å². The Bertz CT molecular complexity index is 318. The number of nitrogens with one attached hydrogen (secondary N) is 1. The fraction of sp³-hybridized carbons (Fsp3) is 0.583. The Hall–Kier alpha value is -1.09. The molecule has 1 aromatic heterocycles. The first-order valence-electron chi connectivity index (χ1n) is 5.71. The maximum Gasteiger partial charge on any atom is 0.129 e.